The van der Waals surface area contributed by atoms with Crippen LogP contribution in [0, 0.1) is 0 Å². The second-order valence-electron chi connectivity index (χ2n) is 11.9. The molecule has 3 aliphatic rings. The summed E-state index contributed by atoms with van der Waals surface area (Å²) in [7, 11) is 0. The molecule has 2 aromatic rings. The van der Waals surface area contributed by atoms with Gasteiger partial charge in [-0.25, -0.2) is 15.0 Å². The molecule has 1 aliphatic carbocycles. The lowest BCUT2D eigenvalue weighted by atomic mass is 9.97. The molecule has 2 aromatic heterocycles. The van der Waals surface area contributed by atoms with E-state index in [1.165, 1.54) is 6.33 Å². The maximum absolute atomic E-state index is 13.6. The Bertz CT molecular complexity index is 1470. The molecule has 3 atom stereocenters. The first-order chi connectivity index (χ1) is 20.6. The number of allylic oxidation sites excluding steroid dienone is 2. The molecule has 2 amide bonds. The second-order valence-corrected chi connectivity index (χ2v) is 11.9. The van der Waals surface area contributed by atoms with Gasteiger partial charge in [-0.3, -0.25) is 14.9 Å². The number of ether oxygens (including phenoxy) is 2. The number of rotatable bonds is 11. The summed E-state index contributed by atoms with van der Waals surface area (Å²) in [5.41, 5.74) is 11.5. The quantitative estimate of drug-likeness (QED) is 0.223. The fourth-order valence-electron chi connectivity index (χ4n) is 5.57. The third kappa shape index (κ3) is 7.68. The van der Waals surface area contributed by atoms with Crippen molar-refractivity contribution in [2.45, 2.75) is 77.0 Å². The van der Waals surface area contributed by atoms with Crippen LogP contribution < -0.4 is 16.0 Å². The van der Waals surface area contributed by atoms with E-state index in [1.807, 2.05) is 18.2 Å². The second kappa shape index (κ2) is 13.1. The molecule has 2 aliphatic heterocycles. The van der Waals surface area contributed by atoms with Gasteiger partial charge < -0.3 is 35.1 Å². The number of aliphatic hydroxyl groups is 1. The summed E-state index contributed by atoms with van der Waals surface area (Å²) in [5, 5.41) is 13.2. The van der Waals surface area contributed by atoms with Crippen LogP contribution in [-0.4, -0.2) is 92.1 Å². The Hall–Kier alpha value is -4.03. The molecule has 230 valence electrons. The van der Waals surface area contributed by atoms with Gasteiger partial charge in [-0.2, -0.15) is 0 Å². The molecule has 5 N–H and O–H groups in total. The van der Waals surface area contributed by atoms with Crippen molar-refractivity contribution in [3.8, 4) is 0 Å². The van der Waals surface area contributed by atoms with Gasteiger partial charge in [-0.05, 0) is 58.1 Å². The highest BCUT2D eigenvalue weighted by molar-refractivity contribution is 5.84. The van der Waals surface area contributed by atoms with Crippen LogP contribution >= 0.6 is 0 Å². The molecular formula is C30H40N8O5. The Morgan fingerprint density at radius 1 is 1.28 bits per heavy atom. The number of likely N-dealkylation sites (tertiary alicyclic amines) is 1. The van der Waals surface area contributed by atoms with Gasteiger partial charge in [0.2, 0.25) is 18.2 Å². The average Bonchev–Trinajstić information content (AvgIpc) is 3.58. The molecule has 2 fully saturated rings. The Kier molecular flexibility index (Phi) is 9.26. The van der Waals surface area contributed by atoms with Crippen LogP contribution in [0.4, 0.5) is 5.82 Å². The molecule has 0 bridgehead atoms. The summed E-state index contributed by atoms with van der Waals surface area (Å²) in [6.07, 6.45) is 10.4. The van der Waals surface area contributed by atoms with Gasteiger partial charge in [-0.1, -0.05) is 17.9 Å². The van der Waals surface area contributed by atoms with Crippen LogP contribution in [0.25, 0.3) is 11.2 Å². The number of nitrogens with two attached hydrogens (primary N) is 1. The number of piperidine rings is 1. The first-order valence-electron chi connectivity index (χ1n) is 14.7. The van der Waals surface area contributed by atoms with Crippen molar-refractivity contribution >= 4 is 28.8 Å². The van der Waals surface area contributed by atoms with E-state index < -0.39 is 24.0 Å². The van der Waals surface area contributed by atoms with Crippen molar-refractivity contribution in [1.82, 2.24) is 30.2 Å². The number of amides is 2. The van der Waals surface area contributed by atoms with E-state index in [0.717, 1.165) is 41.9 Å². The van der Waals surface area contributed by atoms with Crippen LogP contribution in [0.5, 0.6) is 0 Å². The number of aromatic nitrogens is 4. The molecule has 0 radical (unpaired) electrons. The maximum Gasteiger partial charge on any atom is 0.240 e. The van der Waals surface area contributed by atoms with Crippen LogP contribution in [-0.2, 0) is 19.1 Å². The lowest BCUT2D eigenvalue weighted by molar-refractivity contribution is -0.188. The van der Waals surface area contributed by atoms with Crippen LogP contribution in [0.15, 0.2) is 53.5 Å². The standard InChI is InChI=1S/C30H40N8O5/c1-30(2,3)43-29(41)36-23(9-10-24(31)39)28(40)37-13-11-19-6-4-8-22(14-20(19)15-37)42-16-21-7-5-12-38(21)27-25-26(33-17-32-25)34-18-35-27/h4,6,8,17-18,21,23,29,36,41H,5,7,9-13,15-16H2,1-3H3,(H2,31,39)(H,32,33,34,35). The maximum atomic E-state index is 13.6. The smallest absolute Gasteiger partial charge is 0.240 e. The number of hydrogen-bond donors (Lipinski definition) is 4. The van der Waals surface area contributed by atoms with Crippen molar-refractivity contribution in [2.75, 3.05) is 31.1 Å². The lowest BCUT2D eigenvalue weighted by Crippen LogP contribution is -2.53. The number of carbonyl (C=O) groups excluding carboxylic acids is 2. The molecule has 5 rings (SSSR count). The Balaban J connectivity index is 1.28. The molecular weight excluding hydrogens is 552 g/mol. The number of aliphatic hydroxyl groups excluding tert-OH is 1. The van der Waals surface area contributed by atoms with E-state index in [9.17, 15) is 14.7 Å². The third-order valence-electron chi connectivity index (χ3n) is 7.59. The van der Waals surface area contributed by atoms with Crippen LogP contribution in [0.1, 0.15) is 52.9 Å². The van der Waals surface area contributed by atoms with Gasteiger partial charge in [0.1, 0.15) is 18.5 Å². The van der Waals surface area contributed by atoms with Gasteiger partial charge >= 0.3 is 0 Å². The Morgan fingerprint density at radius 2 is 2.12 bits per heavy atom. The van der Waals surface area contributed by atoms with E-state index in [0.29, 0.717) is 37.5 Å². The number of imidazole rings is 1. The monoisotopic (exact) mass is 592 g/mol. The van der Waals surface area contributed by atoms with Gasteiger partial charge in [0.05, 0.1) is 30.6 Å². The first-order valence-corrected chi connectivity index (χ1v) is 14.7. The number of H-pyrrole nitrogens is 1. The number of hydrogen-bond acceptors (Lipinski definition) is 10. The van der Waals surface area contributed by atoms with Crippen molar-refractivity contribution in [3.05, 3.63) is 53.5 Å². The Morgan fingerprint density at radius 3 is 2.91 bits per heavy atom. The number of anilines is 1. The van der Waals surface area contributed by atoms with Gasteiger partial charge in [0.15, 0.2) is 17.2 Å². The molecule has 0 saturated carbocycles. The fraction of sp³-hybridized carbons (Fsp3) is 0.533. The molecule has 43 heavy (non-hydrogen) atoms. The minimum absolute atomic E-state index is 0.00572. The first kappa shape index (κ1) is 30.4. The summed E-state index contributed by atoms with van der Waals surface area (Å²) in [6.45, 7) is 7.51. The highest BCUT2D eigenvalue weighted by Crippen LogP contribution is 2.29. The van der Waals surface area contributed by atoms with E-state index in [2.05, 4.69) is 35.9 Å². The summed E-state index contributed by atoms with van der Waals surface area (Å²) in [4.78, 5) is 45.2. The topological polar surface area (TPSA) is 172 Å². The molecule has 4 heterocycles. The lowest BCUT2D eigenvalue weighted by Gasteiger charge is -2.34. The van der Waals surface area contributed by atoms with E-state index >= 15 is 0 Å². The van der Waals surface area contributed by atoms with Crippen molar-refractivity contribution in [2.24, 2.45) is 5.73 Å². The number of primary amides is 1. The molecule has 2 saturated heterocycles. The summed E-state index contributed by atoms with van der Waals surface area (Å²) < 4.78 is 11.8. The number of aromatic amines is 1. The van der Waals surface area contributed by atoms with Gasteiger partial charge in [0.25, 0.3) is 0 Å². The minimum atomic E-state index is -1.38. The zero-order valence-electron chi connectivity index (χ0n) is 24.9. The predicted octanol–water partition coefficient (Wildman–Crippen LogP) is 1.79. The average molecular weight is 593 g/mol. The highest BCUT2D eigenvalue weighted by atomic mass is 16.6. The van der Waals surface area contributed by atoms with Crippen molar-refractivity contribution in [1.29, 1.82) is 0 Å². The molecule has 13 nitrogen and oxygen atoms in total. The zero-order chi connectivity index (χ0) is 30.6. The summed E-state index contributed by atoms with van der Waals surface area (Å²) >= 11 is 0. The predicted molar refractivity (Wildman–Crippen MR) is 159 cm³/mol. The van der Waals surface area contributed by atoms with Crippen molar-refractivity contribution < 1.29 is 24.2 Å². The van der Waals surface area contributed by atoms with Crippen molar-refractivity contribution in [3.63, 3.8) is 0 Å². The molecule has 13 heteroatoms. The minimum Gasteiger partial charge on any atom is -0.484 e. The van der Waals surface area contributed by atoms with E-state index in [-0.39, 0.29) is 24.8 Å². The fourth-order valence-corrected chi connectivity index (χ4v) is 5.57. The van der Waals surface area contributed by atoms with Gasteiger partial charge in [-0.15, -0.1) is 0 Å². The van der Waals surface area contributed by atoms with Gasteiger partial charge in [0, 0.05) is 25.1 Å². The summed E-state index contributed by atoms with van der Waals surface area (Å²) in [5.74, 6) is 0.642. The van der Waals surface area contributed by atoms with Crippen LogP contribution in [0.2, 0.25) is 0 Å². The SMILES string of the molecule is CC(C)(C)OC(O)NC(CCC(N)=O)C(=O)N1CCC2=CC=CC(OCC3CCCN3c3ncnc4nc[nH]c34)=C=C2C1. The number of carbonyl (C=O) groups is 2. The van der Waals surface area contributed by atoms with Crippen LogP contribution in [0.3, 0.4) is 0 Å². The van der Waals surface area contributed by atoms with E-state index in [1.54, 1.807) is 32.0 Å². The third-order valence-corrected chi connectivity index (χ3v) is 7.59. The van der Waals surface area contributed by atoms with E-state index in [4.69, 9.17) is 15.2 Å². The molecule has 0 aromatic carbocycles. The largest absolute Gasteiger partial charge is 0.484 e. The Labute approximate surface area is 250 Å². The molecule has 3 unspecified atom stereocenters. The number of fused-ring (bicyclic) bond motifs is 2. The number of nitrogens with one attached hydrogen (secondary N) is 2. The summed E-state index contributed by atoms with van der Waals surface area (Å²) in [6, 6.07) is -0.732. The zero-order valence-corrected chi connectivity index (χ0v) is 24.9. The highest BCUT2D eigenvalue weighted by Gasteiger charge is 2.32. The number of nitrogens with zero attached hydrogens (tertiary/aromatic N) is 5. The molecule has 0 spiro atoms. The normalized spacial score (nSPS) is 20.2.